The Hall–Kier alpha value is -2.57. The van der Waals surface area contributed by atoms with Crippen LogP contribution in [-0.2, 0) is 27.3 Å². The van der Waals surface area contributed by atoms with Gasteiger partial charge < -0.3 is 4.74 Å². The number of nitrogens with one attached hydrogen (secondary N) is 1. The van der Waals surface area contributed by atoms with Crippen LogP contribution in [0.15, 0.2) is 41.3 Å². The third kappa shape index (κ3) is 6.21. The second-order valence-corrected chi connectivity index (χ2v) is 8.75. The minimum Gasteiger partial charge on any atom is -0.472 e. The van der Waals surface area contributed by atoms with Crippen LogP contribution in [0.2, 0.25) is 0 Å². The number of nitro groups is 1. The van der Waals surface area contributed by atoms with E-state index in [2.05, 4.69) is 9.71 Å². The Balaban J connectivity index is 2.35. The average molecular weight is 434 g/mol. The predicted molar refractivity (Wildman–Crippen MR) is 98.5 cm³/mol. The van der Waals surface area contributed by atoms with Crippen LogP contribution in [0.5, 0.6) is 5.88 Å². The Labute approximate surface area is 165 Å². The molecule has 2 aromatic rings. The van der Waals surface area contributed by atoms with E-state index in [0.717, 1.165) is 18.2 Å². The number of pyridine rings is 1. The largest absolute Gasteiger partial charge is 0.472 e. The summed E-state index contributed by atoms with van der Waals surface area (Å²) in [5.41, 5.74) is -2.68. The molecule has 0 spiro atoms. The fraction of sp³-hybridized carbons (Fsp3) is 0.353. The first-order valence-electron chi connectivity index (χ1n) is 8.21. The van der Waals surface area contributed by atoms with Gasteiger partial charge in [0.2, 0.25) is 5.88 Å². The van der Waals surface area contributed by atoms with Crippen molar-refractivity contribution in [1.82, 2.24) is 9.71 Å². The molecule has 12 heteroatoms. The van der Waals surface area contributed by atoms with E-state index < -0.39 is 49.8 Å². The number of ether oxygens (including phenoxy) is 1. The number of aromatic nitrogens is 1. The van der Waals surface area contributed by atoms with Gasteiger partial charge in [-0.25, -0.2) is 4.98 Å². The zero-order chi connectivity index (χ0) is 22.0. The molecular weight excluding hydrogens is 415 g/mol. The van der Waals surface area contributed by atoms with Crippen molar-refractivity contribution in [3.8, 4) is 5.88 Å². The number of para-hydroxylation sites is 1. The molecule has 1 aromatic carbocycles. The minimum atomic E-state index is -4.69. The van der Waals surface area contributed by atoms with Gasteiger partial charge in [0.1, 0.15) is 5.60 Å². The molecule has 1 atom stereocenters. The topological polar surface area (TPSA) is 115 Å². The molecule has 1 heterocycles. The highest BCUT2D eigenvalue weighted by Gasteiger charge is 2.38. The molecule has 0 aliphatic carbocycles. The second-order valence-electron chi connectivity index (χ2n) is 6.97. The van der Waals surface area contributed by atoms with Crippen molar-refractivity contribution in [2.75, 3.05) is 0 Å². The summed E-state index contributed by atoms with van der Waals surface area (Å²) in [4.78, 5) is 13.7. The number of nitro benzene ring substituents is 1. The third-order valence-corrected chi connectivity index (χ3v) is 4.88. The summed E-state index contributed by atoms with van der Waals surface area (Å²) in [6.45, 7) is 4.32. The highest BCUT2D eigenvalue weighted by molar-refractivity contribution is 7.96. The number of alkyl halides is 3. The quantitative estimate of drug-likeness (QED) is 0.400. The van der Waals surface area contributed by atoms with Crippen LogP contribution < -0.4 is 9.46 Å². The number of hydrogen-bond acceptors (Lipinski definition) is 5. The van der Waals surface area contributed by atoms with Crippen LogP contribution in [-0.4, -0.2) is 20.1 Å². The average Bonchev–Trinajstić information content (AvgIpc) is 2.57. The van der Waals surface area contributed by atoms with Crippen LogP contribution in [0.3, 0.4) is 0 Å². The molecule has 2 rings (SSSR count). The molecule has 0 radical (unpaired) electrons. The van der Waals surface area contributed by atoms with E-state index >= 15 is 0 Å². The summed E-state index contributed by atoms with van der Waals surface area (Å²) in [5, 5.41) is 11.1. The van der Waals surface area contributed by atoms with E-state index in [4.69, 9.17) is 4.74 Å². The van der Waals surface area contributed by atoms with Gasteiger partial charge in [0.25, 0.3) is 4.90 Å². The lowest BCUT2D eigenvalue weighted by molar-refractivity contribution is -0.387. The smallest absolute Gasteiger partial charge is 0.416 e. The fourth-order valence-corrected chi connectivity index (χ4v) is 3.46. The van der Waals surface area contributed by atoms with E-state index in [1.54, 1.807) is 20.8 Å². The van der Waals surface area contributed by atoms with Crippen molar-refractivity contribution in [2.24, 2.45) is 0 Å². The van der Waals surface area contributed by atoms with Crippen molar-refractivity contribution in [3.05, 3.63) is 57.8 Å². The molecule has 158 valence electrons. The molecule has 0 bridgehead atoms. The van der Waals surface area contributed by atoms with Gasteiger partial charge in [0.15, 0.2) is 0 Å². The van der Waals surface area contributed by atoms with Crippen molar-refractivity contribution < 1.29 is 31.6 Å². The van der Waals surface area contributed by atoms with Crippen LogP contribution in [0.1, 0.15) is 32.0 Å². The molecule has 0 aliphatic heterocycles. The van der Waals surface area contributed by atoms with E-state index in [0.29, 0.717) is 6.07 Å². The molecule has 2 N–H and O–H groups in total. The fourth-order valence-electron chi connectivity index (χ4n) is 2.27. The Morgan fingerprint density at radius 3 is 2.41 bits per heavy atom. The molecule has 0 saturated carbocycles. The van der Waals surface area contributed by atoms with Gasteiger partial charge in [-0.1, -0.05) is 16.9 Å². The Morgan fingerprint density at radius 2 is 1.86 bits per heavy atom. The second kappa shape index (κ2) is 8.05. The summed E-state index contributed by atoms with van der Waals surface area (Å²) >= 11 is 0. The van der Waals surface area contributed by atoms with E-state index in [9.17, 15) is 32.0 Å². The zero-order valence-electron chi connectivity index (χ0n) is 15.7. The van der Waals surface area contributed by atoms with Gasteiger partial charge in [-0.2, -0.15) is 17.7 Å². The van der Waals surface area contributed by atoms with Crippen LogP contribution >= 0.6 is 0 Å². The maximum Gasteiger partial charge on any atom is 0.416 e. The van der Waals surface area contributed by atoms with Crippen molar-refractivity contribution in [3.63, 3.8) is 0 Å². The molecule has 1 unspecified atom stereocenters. The van der Waals surface area contributed by atoms with Gasteiger partial charge in [-0.3, -0.25) is 10.1 Å². The first-order valence-corrected chi connectivity index (χ1v) is 9.72. The lowest BCUT2D eigenvalue weighted by atomic mass is 10.2. The van der Waals surface area contributed by atoms with Crippen LogP contribution in [0, 0.1) is 10.1 Å². The standard InChI is InChI=1S/C17H18F3N3O5S/c1-16(2,3)28-15-9-11(17(18,19)20)8-12(22-15)10-21-29(26,27)14-7-5-4-6-13(14)23(24)25/h4-9H,10H2,1-3H3,(H-,21,26,27)/p+1. The number of benzene rings is 1. The summed E-state index contributed by atoms with van der Waals surface area (Å²) in [7, 11) is -4.13. The van der Waals surface area contributed by atoms with Crippen molar-refractivity contribution in [2.45, 2.75) is 44.0 Å². The molecule has 0 saturated heterocycles. The number of nitrogens with zero attached hydrogens (tertiary/aromatic N) is 2. The van der Waals surface area contributed by atoms with Gasteiger partial charge in [-0.05, 0) is 31.0 Å². The Kier molecular flexibility index (Phi) is 6.30. The Morgan fingerprint density at radius 1 is 1.24 bits per heavy atom. The van der Waals surface area contributed by atoms with Gasteiger partial charge >= 0.3 is 22.3 Å². The van der Waals surface area contributed by atoms with Gasteiger partial charge in [-0.15, -0.1) is 0 Å². The van der Waals surface area contributed by atoms with E-state index in [1.807, 2.05) is 0 Å². The lowest BCUT2D eigenvalue weighted by Crippen LogP contribution is -2.31. The van der Waals surface area contributed by atoms with Gasteiger partial charge in [0.05, 0.1) is 22.7 Å². The number of hydrogen-bond donors (Lipinski definition) is 2. The first kappa shape index (κ1) is 22.7. The highest BCUT2D eigenvalue weighted by Crippen LogP contribution is 2.32. The van der Waals surface area contributed by atoms with Gasteiger partial charge in [0, 0.05) is 18.2 Å². The highest BCUT2D eigenvalue weighted by atomic mass is 32.3. The summed E-state index contributed by atoms with van der Waals surface area (Å²) in [6.07, 6.45) is -4.69. The summed E-state index contributed by atoms with van der Waals surface area (Å²) in [6, 6.07) is 6.22. The zero-order valence-corrected chi connectivity index (χ0v) is 16.5. The monoisotopic (exact) mass is 434 g/mol. The minimum absolute atomic E-state index is 0.223. The van der Waals surface area contributed by atoms with Crippen LogP contribution in [0.4, 0.5) is 18.9 Å². The molecule has 1 aromatic heterocycles. The van der Waals surface area contributed by atoms with Crippen LogP contribution in [0.25, 0.3) is 0 Å². The molecule has 8 nitrogen and oxygen atoms in total. The van der Waals surface area contributed by atoms with E-state index in [1.165, 1.54) is 12.1 Å². The maximum absolute atomic E-state index is 13.2. The van der Waals surface area contributed by atoms with Crippen molar-refractivity contribution in [1.29, 1.82) is 0 Å². The molecule has 0 fully saturated rings. The summed E-state index contributed by atoms with van der Waals surface area (Å²) in [5.74, 6) is -0.306. The predicted octanol–water partition coefficient (Wildman–Crippen LogP) is 4.22. The van der Waals surface area contributed by atoms with E-state index in [-0.39, 0.29) is 11.6 Å². The third-order valence-electron chi connectivity index (χ3n) is 3.40. The lowest BCUT2D eigenvalue weighted by Gasteiger charge is -2.21. The summed E-state index contributed by atoms with van der Waals surface area (Å²) < 4.78 is 69.8. The molecule has 0 aliphatic rings. The normalized spacial score (nSPS) is 14.3. The van der Waals surface area contributed by atoms with Crippen molar-refractivity contribution >= 4 is 16.1 Å². The Bertz CT molecular complexity index is 960. The molecule has 0 amide bonds. The first-order chi connectivity index (χ1) is 13.2. The number of halogens is 3. The maximum atomic E-state index is 13.2. The molecular formula is C17H19F3N3O5S+. The number of rotatable bonds is 6. The molecule has 29 heavy (non-hydrogen) atoms. The SMILES string of the molecule is CC(C)(C)Oc1cc(C(F)(F)F)cc(CN[S+](=O)(O)c2ccccc2[N+](=O)[O-])n1.